The number of rotatable bonds is 7. The number of H-pyrrole nitrogens is 1. The van der Waals surface area contributed by atoms with Gasteiger partial charge in [-0.25, -0.2) is 18.8 Å². The van der Waals surface area contributed by atoms with Gasteiger partial charge in [-0.2, -0.15) is 0 Å². The van der Waals surface area contributed by atoms with E-state index >= 15 is 0 Å². The molecule has 0 amide bonds. The van der Waals surface area contributed by atoms with Gasteiger partial charge in [-0.1, -0.05) is 5.16 Å². The number of aromatic amines is 1. The first kappa shape index (κ1) is 23.4. The van der Waals surface area contributed by atoms with Gasteiger partial charge in [0.2, 0.25) is 5.88 Å². The summed E-state index contributed by atoms with van der Waals surface area (Å²) in [6, 6.07) is 4.55. The Kier molecular flexibility index (Phi) is 6.92. The van der Waals surface area contributed by atoms with Crippen LogP contribution in [0.1, 0.15) is 11.4 Å². The number of piperazine rings is 1. The van der Waals surface area contributed by atoms with E-state index in [4.69, 9.17) is 9.26 Å². The Bertz CT molecular complexity index is 1240. The van der Waals surface area contributed by atoms with E-state index in [9.17, 15) is 8.78 Å². The number of ether oxygens (including phenoxy) is 1. The van der Waals surface area contributed by atoms with E-state index in [0.29, 0.717) is 28.8 Å². The smallest absolute Gasteiger partial charge is 0.230 e. The summed E-state index contributed by atoms with van der Waals surface area (Å²) in [6.07, 6.45) is 1.69. The van der Waals surface area contributed by atoms with Gasteiger partial charge in [0.05, 0.1) is 11.2 Å². The number of hydrogen-bond donors (Lipinski definition) is 2. The highest BCUT2D eigenvalue weighted by molar-refractivity contribution is 5.94. The van der Waals surface area contributed by atoms with Gasteiger partial charge >= 0.3 is 0 Å². The topological polar surface area (TPSA) is 94.3 Å². The first-order valence-corrected chi connectivity index (χ1v) is 10.8. The van der Waals surface area contributed by atoms with Crippen LogP contribution in [0.5, 0.6) is 5.75 Å². The van der Waals surface area contributed by atoms with E-state index in [1.165, 1.54) is 6.07 Å². The number of aryl methyl sites for hydroxylation is 2. The van der Waals surface area contributed by atoms with E-state index < -0.39 is 17.4 Å². The second kappa shape index (κ2) is 10.0. The summed E-state index contributed by atoms with van der Waals surface area (Å²) in [7, 11) is 2.04. The van der Waals surface area contributed by atoms with Gasteiger partial charge in [-0.05, 0) is 33.7 Å². The number of hydrogen-bond acceptors (Lipinski definition) is 7. The van der Waals surface area contributed by atoms with Crippen LogP contribution in [-0.4, -0.2) is 72.5 Å². The zero-order chi connectivity index (χ0) is 24.2. The third-order valence-electron chi connectivity index (χ3n) is 5.48. The Morgan fingerprint density at radius 3 is 2.71 bits per heavy atom. The Morgan fingerprint density at radius 2 is 2.03 bits per heavy atom. The van der Waals surface area contributed by atoms with Crippen molar-refractivity contribution in [3.8, 4) is 5.75 Å². The van der Waals surface area contributed by atoms with Gasteiger partial charge in [0.15, 0.2) is 24.1 Å². The van der Waals surface area contributed by atoms with Crippen molar-refractivity contribution in [2.24, 2.45) is 9.98 Å². The minimum absolute atomic E-state index is 0.266. The Labute approximate surface area is 195 Å². The monoisotopic (exact) mass is 471 g/mol. The standard InChI is InChI=1S/C23H27F2N7O2/c1-14-9-16-18(28-14)11-17(24)23(22(16)25)33-13-27-20(32-7-5-31(4)6-8-32)12-19(26-3)29-21-10-15(2)30-34-21/h9-12,28-29H,3,5-8,13H2,1-2,4H3/b19-12+,27-20+. The van der Waals surface area contributed by atoms with Crippen LogP contribution in [0, 0.1) is 25.5 Å². The maximum Gasteiger partial charge on any atom is 0.230 e. The third kappa shape index (κ3) is 5.25. The van der Waals surface area contributed by atoms with Crippen LogP contribution in [0.2, 0.25) is 0 Å². The maximum atomic E-state index is 14.9. The lowest BCUT2D eigenvalue weighted by atomic mass is 10.2. The molecule has 0 unspecified atom stereocenters. The normalized spacial score (nSPS) is 15.7. The summed E-state index contributed by atoms with van der Waals surface area (Å²) in [6.45, 7) is 10.0. The molecule has 0 bridgehead atoms. The Balaban J connectivity index is 1.58. The lowest BCUT2D eigenvalue weighted by molar-refractivity contribution is 0.214. The number of likely N-dealkylation sites (N-methyl/N-ethyl adjacent to an activating group) is 1. The Morgan fingerprint density at radius 1 is 1.26 bits per heavy atom. The summed E-state index contributed by atoms with van der Waals surface area (Å²) in [5.74, 6) is -0.690. The van der Waals surface area contributed by atoms with Crippen molar-refractivity contribution in [1.29, 1.82) is 0 Å². The van der Waals surface area contributed by atoms with Crippen molar-refractivity contribution in [2.45, 2.75) is 13.8 Å². The molecule has 180 valence electrons. The summed E-state index contributed by atoms with van der Waals surface area (Å²) < 4.78 is 40.0. The van der Waals surface area contributed by atoms with Gasteiger partial charge in [-0.3, -0.25) is 0 Å². The van der Waals surface area contributed by atoms with Crippen LogP contribution in [0.3, 0.4) is 0 Å². The molecule has 34 heavy (non-hydrogen) atoms. The van der Waals surface area contributed by atoms with Crippen LogP contribution >= 0.6 is 0 Å². The average Bonchev–Trinajstić information content (AvgIpc) is 3.39. The molecule has 1 aliphatic rings. The summed E-state index contributed by atoms with van der Waals surface area (Å²) >= 11 is 0. The molecule has 0 spiro atoms. The summed E-state index contributed by atoms with van der Waals surface area (Å²) in [5.41, 5.74) is 1.82. The molecule has 1 saturated heterocycles. The highest BCUT2D eigenvalue weighted by Crippen LogP contribution is 2.30. The number of anilines is 1. The van der Waals surface area contributed by atoms with Crippen LogP contribution in [0.4, 0.5) is 14.7 Å². The number of nitrogens with one attached hydrogen (secondary N) is 2. The van der Waals surface area contributed by atoms with Crippen molar-refractivity contribution >= 4 is 29.3 Å². The predicted molar refractivity (Wildman–Crippen MR) is 127 cm³/mol. The van der Waals surface area contributed by atoms with Crippen molar-refractivity contribution in [2.75, 3.05) is 45.3 Å². The largest absolute Gasteiger partial charge is 0.465 e. The van der Waals surface area contributed by atoms with Gasteiger partial charge in [0.25, 0.3) is 0 Å². The first-order chi connectivity index (χ1) is 16.3. The minimum Gasteiger partial charge on any atom is -0.465 e. The van der Waals surface area contributed by atoms with Crippen molar-refractivity contribution < 1.29 is 18.0 Å². The van der Waals surface area contributed by atoms with Gasteiger partial charge < -0.3 is 29.4 Å². The fraction of sp³-hybridized carbons (Fsp3) is 0.348. The molecular formula is C23H27F2N7O2. The maximum absolute atomic E-state index is 14.9. The molecule has 0 radical (unpaired) electrons. The Hall–Kier alpha value is -3.73. The predicted octanol–water partition coefficient (Wildman–Crippen LogP) is 3.69. The molecule has 0 saturated carbocycles. The number of amidine groups is 1. The van der Waals surface area contributed by atoms with Gasteiger partial charge in [0, 0.05) is 55.5 Å². The molecule has 3 aromatic rings. The van der Waals surface area contributed by atoms with Crippen LogP contribution in [-0.2, 0) is 0 Å². The fourth-order valence-corrected chi connectivity index (χ4v) is 3.68. The van der Waals surface area contributed by atoms with Crippen molar-refractivity contribution in [3.63, 3.8) is 0 Å². The molecule has 1 aromatic carbocycles. The zero-order valence-corrected chi connectivity index (χ0v) is 19.4. The molecule has 1 aliphatic heterocycles. The minimum atomic E-state index is -0.797. The number of benzene rings is 1. The molecular weight excluding hydrogens is 444 g/mol. The quantitative estimate of drug-likeness (QED) is 0.403. The SMILES string of the molecule is C=N/C(=C\C(=N/COc1c(F)cc2[nH]c(C)cc2c1F)N1CCN(C)CC1)Nc1cc(C)no1. The van der Waals surface area contributed by atoms with E-state index in [0.717, 1.165) is 31.9 Å². The number of nitrogens with zero attached hydrogens (tertiary/aromatic N) is 5. The fourth-order valence-electron chi connectivity index (χ4n) is 3.68. The van der Waals surface area contributed by atoms with Crippen molar-refractivity contribution in [3.05, 3.63) is 53.1 Å². The van der Waals surface area contributed by atoms with E-state index in [2.05, 4.69) is 37.1 Å². The second-order valence-electron chi connectivity index (χ2n) is 8.14. The lowest BCUT2D eigenvalue weighted by Gasteiger charge is -2.33. The van der Waals surface area contributed by atoms with Crippen LogP contribution < -0.4 is 10.1 Å². The van der Waals surface area contributed by atoms with E-state index in [1.54, 1.807) is 32.1 Å². The first-order valence-electron chi connectivity index (χ1n) is 10.8. The number of aromatic nitrogens is 2. The van der Waals surface area contributed by atoms with E-state index in [-0.39, 0.29) is 12.1 Å². The molecule has 9 nitrogen and oxygen atoms in total. The van der Waals surface area contributed by atoms with Gasteiger partial charge in [-0.15, -0.1) is 0 Å². The summed E-state index contributed by atoms with van der Waals surface area (Å²) in [4.78, 5) is 15.7. The molecule has 0 atom stereocenters. The molecule has 4 rings (SSSR count). The van der Waals surface area contributed by atoms with Gasteiger partial charge in [0.1, 0.15) is 11.7 Å². The molecule has 0 aliphatic carbocycles. The third-order valence-corrected chi connectivity index (χ3v) is 5.48. The molecule has 3 heterocycles. The van der Waals surface area contributed by atoms with Crippen LogP contribution in [0.25, 0.3) is 10.9 Å². The number of halogens is 2. The lowest BCUT2D eigenvalue weighted by Crippen LogP contribution is -2.47. The molecule has 1 fully saturated rings. The van der Waals surface area contributed by atoms with Crippen molar-refractivity contribution in [1.82, 2.24) is 19.9 Å². The molecule has 2 N–H and O–H groups in total. The zero-order valence-electron chi connectivity index (χ0n) is 19.4. The summed E-state index contributed by atoms with van der Waals surface area (Å²) in [5, 5.41) is 7.10. The van der Waals surface area contributed by atoms with E-state index in [1.807, 2.05) is 11.9 Å². The average molecular weight is 472 g/mol. The number of fused-ring (bicyclic) bond motifs is 1. The second-order valence-corrected chi connectivity index (χ2v) is 8.14. The number of aliphatic imine (C=N–C) groups is 2. The highest BCUT2D eigenvalue weighted by atomic mass is 19.1. The molecule has 11 heteroatoms. The molecule has 2 aromatic heterocycles. The van der Waals surface area contributed by atoms with Crippen LogP contribution in [0.15, 0.2) is 44.6 Å². The highest BCUT2D eigenvalue weighted by Gasteiger charge is 2.19.